The molecule has 33 nitrogen and oxygen atoms in total. The normalized spacial score (nSPS) is 23.8. The predicted molar refractivity (Wildman–Crippen MR) is 421 cm³/mol. The second kappa shape index (κ2) is 41.5. The SMILES string of the molecule is CC[C@H](C)[C@@H]1NC(=O)[C@@H](Cc2ccc3ccccc3c2)NC(=O)CSC[C@@H](C(N)=O)NC(=O)[C@H](C(C)C)NC(=O)[C@H](Cc2c[nH]c3ccccc23)NC(=O)[C@H](CCCCN)NC(=O)[C@H](C(C)C)NC(=O)[C@H](Cc2c[nH]c3ccccc23)NC(=O)[C@H](CC(N)=O)NC(=O)[C@H](CC2=CCC=N2)NC(=O)CNC(=O)[C@H](CO)NC1=O. The molecule has 2 aliphatic rings. The summed E-state index contributed by atoms with van der Waals surface area (Å²) in [6, 6.07) is 10.4. The Morgan fingerprint density at radius 3 is 1.56 bits per heavy atom. The van der Waals surface area contributed by atoms with Crippen molar-refractivity contribution in [2.24, 2.45) is 39.9 Å². The van der Waals surface area contributed by atoms with Gasteiger partial charge < -0.3 is 96.1 Å². The van der Waals surface area contributed by atoms with Gasteiger partial charge in [0.25, 0.3) is 0 Å². The predicted octanol–water partition coefficient (Wildman–Crippen LogP) is -0.385. The molecule has 14 amide bonds. The van der Waals surface area contributed by atoms with Crippen molar-refractivity contribution in [2.75, 3.05) is 31.2 Å². The second-order valence-electron chi connectivity index (χ2n) is 28.7. The number of hydrogen-bond acceptors (Lipinski definition) is 18. The van der Waals surface area contributed by atoms with Gasteiger partial charge in [-0.3, -0.25) is 72.1 Å². The molecule has 0 saturated carbocycles. The fourth-order valence-electron chi connectivity index (χ4n) is 13.0. The number of nitrogens with one attached hydrogen (secondary N) is 14. The molecule has 0 unspecified atom stereocenters. The Morgan fingerprint density at radius 1 is 0.518 bits per heavy atom. The highest BCUT2D eigenvalue weighted by Gasteiger charge is 2.39. The summed E-state index contributed by atoms with van der Waals surface area (Å²) in [5.41, 5.74) is 20.9. The van der Waals surface area contributed by atoms with E-state index in [-0.39, 0.29) is 57.2 Å². The first-order chi connectivity index (χ1) is 53.5. The molecule has 1 fully saturated rings. The second-order valence-corrected chi connectivity index (χ2v) is 29.7. The number of benzene rings is 4. The number of nitrogens with zero attached hydrogens (tertiary/aromatic N) is 1. The average molecular weight is 1560 g/mol. The highest BCUT2D eigenvalue weighted by molar-refractivity contribution is 8.00. The lowest BCUT2D eigenvalue weighted by atomic mass is 9.96. The number of H-pyrrole nitrogens is 2. The molecule has 12 atom stereocenters. The molecule has 2 aliphatic heterocycles. The largest absolute Gasteiger partial charge is 0.394 e. The molecule has 1 saturated heterocycles. The highest BCUT2D eigenvalue weighted by atomic mass is 32.2. The number of allylic oxidation sites excluding steroid dienone is 1. The van der Waals surface area contributed by atoms with Gasteiger partial charge in [0, 0.05) is 84.0 Å². The van der Waals surface area contributed by atoms with E-state index in [2.05, 4.69) is 78.8 Å². The van der Waals surface area contributed by atoms with Crippen LogP contribution in [-0.4, -0.2) is 202 Å². The number of fused-ring (bicyclic) bond motifs is 3. The van der Waals surface area contributed by atoms with Crippen LogP contribution >= 0.6 is 11.8 Å². The lowest BCUT2D eigenvalue weighted by Crippen LogP contribution is -2.62. The maximum atomic E-state index is 15.1. The highest BCUT2D eigenvalue weighted by Crippen LogP contribution is 2.24. The van der Waals surface area contributed by atoms with Gasteiger partial charge in [-0.15, -0.1) is 11.8 Å². The van der Waals surface area contributed by atoms with Gasteiger partial charge in [-0.05, 0) is 83.2 Å². The fraction of sp³-hybridized carbons (Fsp3) is 0.449. The van der Waals surface area contributed by atoms with Crippen molar-refractivity contribution in [3.8, 4) is 0 Å². The van der Waals surface area contributed by atoms with Crippen LogP contribution in [0, 0.1) is 17.8 Å². The number of amides is 14. The van der Waals surface area contributed by atoms with E-state index in [1.54, 1.807) is 109 Å². The number of unbranched alkanes of at least 4 members (excludes halogenated alkanes) is 1. The minimum atomic E-state index is -1.84. The van der Waals surface area contributed by atoms with Gasteiger partial charge in [0.05, 0.1) is 25.3 Å². The number of primary amides is 2. The van der Waals surface area contributed by atoms with Crippen LogP contribution in [0.2, 0.25) is 0 Å². The quantitative estimate of drug-likeness (QED) is 0.0433. The van der Waals surface area contributed by atoms with Crippen LogP contribution in [-0.2, 0) is 86.4 Å². The monoisotopic (exact) mass is 1560 g/mol. The number of para-hydroxylation sites is 2. The van der Waals surface area contributed by atoms with E-state index in [4.69, 9.17) is 17.2 Å². The number of aromatic amines is 2. The van der Waals surface area contributed by atoms with E-state index in [1.165, 1.54) is 6.21 Å². The van der Waals surface area contributed by atoms with Crippen LogP contribution in [0.5, 0.6) is 0 Å². The van der Waals surface area contributed by atoms with E-state index in [0.717, 1.165) is 22.5 Å². The number of aromatic nitrogens is 2. The summed E-state index contributed by atoms with van der Waals surface area (Å²) in [7, 11) is 0. The van der Waals surface area contributed by atoms with E-state index < -0.39 is 192 Å². The van der Waals surface area contributed by atoms with E-state index in [1.807, 2.05) is 42.5 Å². The fourth-order valence-corrected chi connectivity index (χ4v) is 13.8. The zero-order valence-corrected chi connectivity index (χ0v) is 64.2. The summed E-state index contributed by atoms with van der Waals surface area (Å²) in [4.78, 5) is 211. The minimum Gasteiger partial charge on any atom is -0.394 e. The Labute approximate surface area is 651 Å². The molecule has 112 heavy (non-hydrogen) atoms. The van der Waals surface area contributed by atoms with Crippen molar-refractivity contribution < 1.29 is 72.2 Å². The summed E-state index contributed by atoms with van der Waals surface area (Å²) < 4.78 is 0. The maximum Gasteiger partial charge on any atom is 0.245 e. The van der Waals surface area contributed by atoms with Gasteiger partial charge in [0.1, 0.15) is 66.5 Å². The molecule has 0 spiro atoms. The zero-order chi connectivity index (χ0) is 81.3. The Morgan fingerprint density at radius 2 is 1.01 bits per heavy atom. The third-order valence-corrected chi connectivity index (χ3v) is 20.5. The van der Waals surface area contributed by atoms with E-state index in [0.29, 0.717) is 57.0 Å². The molecule has 0 bridgehead atoms. The van der Waals surface area contributed by atoms with Crippen LogP contribution in [0.1, 0.15) is 103 Å². The number of thioether (sulfide) groups is 1. The van der Waals surface area contributed by atoms with Crippen LogP contribution in [0.4, 0.5) is 0 Å². The molecule has 0 radical (unpaired) electrons. The van der Waals surface area contributed by atoms with E-state index >= 15 is 14.4 Å². The van der Waals surface area contributed by atoms with Crippen molar-refractivity contribution in [1.82, 2.24) is 73.8 Å². The molecule has 4 aromatic carbocycles. The topological polar surface area (TPSA) is 526 Å². The first-order valence-corrected chi connectivity index (χ1v) is 38.6. The van der Waals surface area contributed by atoms with Gasteiger partial charge in [-0.2, -0.15) is 0 Å². The first kappa shape index (κ1) is 86.1. The number of carbonyl (C=O) groups is 14. The molecule has 600 valence electrons. The summed E-state index contributed by atoms with van der Waals surface area (Å²) in [6.45, 7) is 8.17. The van der Waals surface area contributed by atoms with Crippen LogP contribution in [0.15, 0.2) is 120 Å². The molecule has 0 aliphatic carbocycles. The summed E-state index contributed by atoms with van der Waals surface area (Å²) in [5, 5.41) is 45.2. The number of aliphatic hydroxyl groups excluding tert-OH is 1. The third kappa shape index (κ3) is 24.5. The summed E-state index contributed by atoms with van der Waals surface area (Å²) in [6.07, 6.45) is 6.02. The molecule has 6 aromatic rings. The Hall–Kier alpha value is -11.5. The molecule has 4 heterocycles. The number of aliphatic hydroxyl groups is 1. The van der Waals surface area contributed by atoms with Crippen LogP contribution in [0.3, 0.4) is 0 Å². The first-order valence-electron chi connectivity index (χ1n) is 37.4. The lowest BCUT2D eigenvalue weighted by Gasteiger charge is -2.29. The van der Waals surface area contributed by atoms with Gasteiger partial charge in [0.15, 0.2) is 0 Å². The summed E-state index contributed by atoms with van der Waals surface area (Å²) in [5.74, 6) is -16.0. The van der Waals surface area contributed by atoms with Crippen LogP contribution in [0.25, 0.3) is 32.6 Å². The average Bonchev–Trinajstić information content (AvgIpc) is 1.72. The third-order valence-electron chi connectivity index (χ3n) is 19.5. The van der Waals surface area contributed by atoms with Crippen molar-refractivity contribution in [3.63, 3.8) is 0 Å². The molecular weight excluding hydrogens is 1460 g/mol. The molecule has 34 heteroatoms. The standard InChI is InChI=1S/C78H102N18O15S/c1-7-43(6)67-78(111)92-60(38-97)69(102)85-37-63(99)86-58(33-49-19-16-28-82-49)71(104)91-59(34-62(80)98)72(105)90-57(32-48-36-84-53-23-13-11-21-51(48)53)75(108)94-65(41(2)3)76(109)88-54(24-14-15-27-79)70(103)89-56(31-47-35-83-52-22-12-10-20-50(47)52)74(107)95-66(42(4)5)77(110)93-61(68(81)101)39-112-40-64(100)87-55(73(106)96-67)30-44-25-26-45-17-8-9-18-46(45)29-44/h8-13,17-23,25-26,28-29,35-36,41-43,54-61,65-67,83-84,97H,7,14-16,24,27,30-34,37-40,79H2,1-6H3,(H2,80,98)(H2,81,101)(H,85,102)(H,86,99)(H,87,100)(H,88,109)(H,89,103)(H,90,105)(H,91,104)(H,92,111)(H,93,110)(H,94,108)(H,95,107)(H,96,106)/t43-,54-,55+,56-,57-,58-,59-,60-,61-,65-,66-,67-/m0/s1. The van der Waals surface area contributed by atoms with Crippen molar-refractivity contribution in [2.45, 2.75) is 172 Å². The number of rotatable bonds is 20. The summed E-state index contributed by atoms with van der Waals surface area (Å²) >= 11 is 0.873. The number of hydrogen-bond donors (Lipinski definition) is 18. The molecule has 2 aromatic heterocycles. The smallest absolute Gasteiger partial charge is 0.245 e. The maximum absolute atomic E-state index is 15.1. The Kier molecular flexibility index (Phi) is 31.9. The molecule has 21 N–H and O–H groups in total. The Bertz CT molecular complexity index is 4480. The number of aliphatic imine (C=N–C) groups is 1. The lowest BCUT2D eigenvalue weighted by molar-refractivity contribution is -0.137. The van der Waals surface area contributed by atoms with Crippen molar-refractivity contribution in [3.05, 3.63) is 132 Å². The molecular formula is C78H102N18O15S. The van der Waals surface area contributed by atoms with Gasteiger partial charge in [-0.25, -0.2) is 0 Å². The number of nitrogens with two attached hydrogens (primary N) is 3. The molecule has 8 rings (SSSR count). The minimum absolute atomic E-state index is 0.0384. The number of carbonyl (C=O) groups excluding carboxylic acids is 14. The van der Waals surface area contributed by atoms with Gasteiger partial charge >= 0.3 is 0 Å². The van der Waals surface area contributed by atoms with Crippen molar-refractivity contribution >= 4 is 133 Å². The van der Waals surface area contributed by atoms with Crippen LogP contribution < -0.4 is 81.0 Å². The zero-order valence-electron chi connectivity index (χ0n) is 63.4. The van der Waals surface area contributed by atoms with E-state index in [9.17, 15) is 57.8 Å². The van der Waals surface area contributed by atoms with Gasteiger partial charge in [0.2, 0.25) is 82.7 Å². The van der Waals surface area contributed by atoms with Gasteiger partial charge in [-0.1, -0.05) is 133 Å². The van der Waals surface area contributed by atoms with Crippen molar-refractivity contribution in [1.29, 1.82) is 0 Å². The Balaban J connectivity index is 1.14.